The molecule has 0 aliphatic heterocycles. The molecule has 0 spiro atoms. The van der Waals surface area contributed by atoms with E-state index in [-0.39, 0.29) is 18.9 Å². The average Bonchev–Trinajstić information content (AvgIpc) is 3.40. The SMILES string of the molecule is O=C(N[C@H](CCSC(c1ccccc1)(c1ccccc1)c1ccccc1)C(=O)O)OCC1c2ccccc2-c2ccccc21. The standard InChI is InChI=1S/C38H33NO4S/c40-36(41)35(39-37(42)43-26-34-32-22-12-10-20-30(32)31-21-11-13-23-33(31)34)24-25-44-38(27-14-4-1-5-15-27,28-16-6-2-7-17-28)29-18-8-3-9-19-29/h1-23,34-35H,24-26H2,(H,39,42)(H,40,41)/t35-/m1/s1. The molecule has 0 saturated carbocycles. The van der Waals surface area contributed by atoms with Crippen molar-refractivity contribution in [1.82, 2.24) is 5.32 Å². The summed E-state index contributed by atoms with van der Waals surface area (Å²) >= 11 is 1.66. The molecular formula is C38H33NO4S. The predicted molar refractivity (Wildman–Crippen MR) is 176 cm³/mol. The quantitative estimate of drug-likeness (QED) is 0.150. The molecule has 0 unspecified atom stereocenters. The lowest BCUT2D eigenvalue weighted by molar-refractivity contribution is -0.139. The van der Waals surface area contributed by atoms with Crippen LogP contribution < -0.4 is 5.32 Å². The number of rotatable bonds is 11. The van der Waals surface area contributed by atoms with Gasteiger partial charge in [0, 0.05) is 5.92 Å². The van der Waals surface area contributed by atoms with Crippen LogP contribution in [0, 0.1) is 0 Å². The van der Waals surface area contributed by atoms with Crippen molar-refractivity contribution in [3.63, 3.8) is 0 Å². The van der Waals surface area contributed by atoms with Gasteiger partial charge in [-0.25, -0.2) is 9.59 Å². The molecule has 0 fully saturated rings. The summed E-state index contributed by atoms with van der Waals surface area (Å²) in [6.07, 6.45) is -0.511. The van der Waals surface area contributed by atoms with E-state index in [9.17, 15) is 14.7 Å². The Hall–Kier alpha value is -4.81. The highest BCUT2D eigenvalue weighted by molar-refractivity contribution is 8.00. The number of aliphatic carboxylic acids is 1. The van der Waals surface area contributed by atoms with Crippen LogP contribution in [0.5, 0.6) is 0 Å². The van der Waals surface area contributed by atoms with Crippen molar-refractivity contribution >= 4 is 23.8 Å². The number of carboxylic acid groups (broad SMARTS) is 1. The molecular weight excluding hydrogens is 566 g/mol. The number of fused-ring (bicyclic) bond motifs is 3. The van der Waals surface area contributed by atoms with Crippen molar-refractivity contribution in [2.45, 2.75) is 23.1 Å². The Kier molecular flexibility index (Phi) is 8.80. The van der Waals surface area contributed by atoms with E-state index in [2.05, 4.69) is 66.0 Å². The van der Waals surface area contributed by atoms with Crippen LogP contribution in [0.25, 0.3) is 11.1 Å². The first-order valence-corrected chi connectivity index (χ1v) is 15.7. The summed E-state index contributed by atoms with van der Waals surface area (Å²) in [5.74, 6) is -0.724. The van der Waals surface area contributed by atoms with Crippen molar-refractivity contribution in [2.24, 2.45) is 0 Å². The Balaban J connectivity index is 1.17. The summed E-state index contributed by atoms with van der Waals surface area (Å²) < 4.78 is 5.08. The lowest BCUT2D eigenvalue weighted by Gasteiger charge is -2.35. The third kappa shape index (κ3) is 5.86. The van der Waals surface area contributed by atoms with Gasteiger partial charge in [-0.05, 0) is 51.1 Å². The molecule has 1 atom stereocenters. The van der Waals surface area contributed by atoms with Crippen LogP contribution in [0.15, 0.2) is 140 Å². The molecule has 0 saturated heterocycles. The Morgan fingerprint density at radius 2 is 1.11 bits per heavy atom. The molecule has 0 radical (unpaired) electrons. The number of thioether (sulfide) groups is 1. The number of alkyl carbamates (subject to hydrolysis) is 1. The number of carboxylic acids is 1. The van der Waals surface area contributed by atoms with Gasteiger partial charge in [0.1, 0.15) is 12.6 Å². The maximum Gasteiger partial charge on any atom is 0.407 e. The number of benzene rings is 5. The van der Waals surface area contributed by atoms with E-state index in [1.165, 1.54) is 0 Å². The first-order chi connectivity index (χ1) is 21.6. The summed E-state index contributed by atoms with van der Waals surface area (Å²) in [4.78, 5) is 25.3. The number of carbonyl (C=O) groups excluding carboxylic acids is 1. The number of nitrogens with one attached hydrogen (secondary N) is 1. The van der Waals surface area contributed by atoms with Gasteiger partial charge in [0.05, 0.1) is 4.75 Å². The molecule has 1 aliphatic carbocycles. The van der Waals surface area contributed by atoms with E-state index in [0.29, 0.717) is 5.75 Å². The van der Waals surface area contributed by atoms with Gasteiger partial charge in [-0.2, -0.15) is 0 Å². The van der Waals surface area contributed by atoms with E-state index in [4.69, 9.17) is 4.74 Å². The van der Waals surface area contributed by atoms with Gasteiger partial charge < -0.3 is 15.2 Å². The lowest BCUT2D eigenvalue weighted by atomic mass is 9.84. The molecule has 0 bridgehead atoms. The summed E-state index contributed by atoms with van der Waals surface area (Å²) in [6, 6.07) is 45.9. The minimum absolute atomic E-state index is 0.102. The van der Waals surface area contributed by atoms with Crippen LogP contribution in [-0.4, -0.2) is 35.6 Å². The van der Waals surface area contributed by atoms with Gasteiger partial charge in [-0.3, -0.25) is 0 Å². The summed E-state index contributed by atoms with van der Waals surface area (Å²) in [6.45, 7) is 0.125. The number of carbonyl (C=O) groups is 2. The molecule has 1 amide bonds. The van der Waals surface area contributed by atoms with Gasteiger partial charge >= 0.3 is 12.1 Å². The monoisotopic (exact) mass is 599 g/mol. The van der Waals surface area contributed by atoms with Crippen LogP contribution in [0.3, 0.4) is 0 Å². The first-order valence-electron chi connectivity index (χ1n) is 14.7. The number of amides is 1. The van der Waals surface area contributed by atoms with E-state index >= 15 is 0 Å². The molecule has 6 heteroatoms. The number of ether oxygens (including phenoxy) is 1. The summed E-state index contributed by atoms with van der Waals surface area (Å²) in [7, 11) is 0. The van der Waals surface area contributed by atoms with Gasteiger partial charge in [-0.15, -0.1) is 11.8 Å². The predicted octanol–water partition coefficient (Wildman–Crippen LogP) is 8.09. The highest BCUT2D eigenvalue weighted by Crippen LogP contribution is 2.49. The van der Waals surface area contributed by atoms with Crippen molar-refractivity contribution < 1.29 is 19.4 Å². The van der Waals surface area contributed by atoms with E-state index in [0.717, 1.165) is 38.9 Å². The lowest BCUT2D eigenvalue weighted by Crippen LogP contribution is -2.42. The third-order valence-electron chi connectivity index (χ3n) is 8.20. The normalized spacial score (nSPS) is 13.0. The third-order valence-corrected chi connectivity index (χ3v) is 9.78. The molecule has 0 heterocycles. The molecule has 220 valence electrons. The molecule has 5 aromatic rings. The van der Waals surface area contributed by atoms with Crippen molar-refractivity contribution in [2.75, 3.05) is 12.4 Å². The molecule has 5 nitrogen and oxygen atoms in total. The second-order valence-corrected chi connectivity index (χ2v) is 12.1. The minimum Gasteiger partial charge on any atom is -0.480 e. The Morgan fingerprint density at radius 3 is 1.57 bits per heavy atom. The molecule has 0 aromatic heterocycles. The topological polar surface area (TPSA) is 75.6 Å². The van der Waals surface area contributed by atoms with Crippen LogP contribution in [0.1, 0.15) is 40.2 Å². The smallest absolute Gasteiger partial charge is 0.407 e. The van der Waals surface area contributed by atoms with Gasteiger partial charge in [0.15, 0.2) is 0 Å². The number of hydrogen-bond donors (Lipinski definition) is 2. The zero-order valence-corrected chi connectivity index (χ0v) is 25.0. The fourth-order valence-electron chi connectivity index (χ4n) is 6.14. The fraction of sp³-hybridized carbons (Fsp3) is 0.158. The van der Waals surface area contributed by atoms with Gasteiger partial charge in [0.25, 0.3) is 0 Å². The minimum atomic E-state index is -1.10. The van der Waals surface area contributed by atoms with Crippen LogP contribution in [0.4, 0.5) is 4.79 Å². The Labute approximate surface area is 261 Å². The summed E-state index contributed by atoms with van der Waals surface area (Å²) in [5, 5.41) is 12.7. The molecule has 1 aliphatic rings. The first kappa shape index (κ1) is 29.3. The second-order valence-electron chi connectivity index (χ2n) is 10.8. The van der Waals surface area contributed by atoms with E-state index < -0.39 is 22.9 Å². The summed E-state index contributed by atoms with van der Waals surface area (Å²) in [5.41, 5.74) is 7.77. The van der Waals surface area contributed by atoms with E-state index in [1.54, 1.807) is 11.8 Å². The molecule has 2 N–H and O–H groups in total. The maximum absolute atomic E-state index is 13.0. The Morgan fingerprint density at radius 1 is 0.682 bits per heavy atom. The highest BCUT2D eigenvalue weighted by atomic mass is 32.2. The fourth-order valence-corrected chi connectivity index (χ4v) is 7.71. The van der Waals surface area contributed by atoms with Crippen LogP contribution >= 0.6 is 11.8 Å². The highest BCUT2D eigenvalue weighted by Gasteiger charge is 2.37. The van der Waals surface area contributed by atoms with Crippen molar-refractivity contribution in [3.8, 4) is 11.1 Å². The zero-order valence-electron chi connectivity index (χ0n) is 24.1. The van der Waals surface area contributed by atoms with Gasteiger partial charge in [0.2, 0.25) is 0 Å². The van der Waals surface area contributed by atoms with Crippen molar-refractivity contribution in [1.29, 1.82) is 0 Å². The molecule has 6 rings (SSSR count). The van der Waals surface area contributed by atoms with Crippen molar-refractivity contribution in [3.05, 3.63) is 167 Å². The largest absolute Gasteiger partial charge is 0.480 e. The molecule has 44 heavy (non-hydrogen) atoms. The van der Waals surface area contributed by atoms with Gasteiger partial charge in [-0.1, -0.05) is 140 Å². The average molecular weight is 600 g/mol. The Bertz CT molecular complexity index is 1580. The van der Waals surface area contributed by atoms with Crippen LogP contribution in [0.2, 0.25) is 0 Å². The van der Waals surface area contributed by atoms with Crippen LogP contribution in [-0.2, 0) is 14.3 Å². The van der Waals surface area contributed by atoms with E-state index in [1.807, 2.05) is 78.9 Å². The molecule has 5 aromatic carbocycles. The number of hydrogen-bond acceptors (Lipinski definition) is 4. The second kappa shape index (κ2) is 13.2. The zero-order chi connectivity index (χ0) is 30.4. The maximum atomic E-state index is 13.0.